The van der Waals surface area contributed by atoms with Crippen LogP contribution in [0.3, 0.4) is 0 Å². The molecule has 0 spiro atoms. The number of carbonyl (C=O) groups is 1. The number of aliphatic hydroxyl groups excluding tert-OH is 2. The number of carbonyl (C=O) groups excluding carboxylic acids is 1. The summed E-state index contributed by atoms with van der Waals surface area (Å²) in [5.74, 6) is -0.251. The van der Waals surface area contributed by atoms with Crippen LogP contribution in [0.1, 0.15) is 96.8 Å². The molecule has 0 heterocycles. The smallest absolute Gasteiger partial charge is 0.166 e. The largest absolute Gasteiger partial charge is 0.387 e. The van der Waals surface area contributed by atoms with E-state index >= 15 is 0 Å². The second-order valence-corrected chi connectivity index (χ2v) is 7.94. The summed E-state index contributed by atoms with van der Waals surface area (Å²) in [4.78, 5) is 11.8. The van der Waals surface area contributed by atoms with Gasteiger partial charge in [0, 0.05) is 5.92 Å². The Kier molecular flexibility index (Phi) is 12.9. The number of Topliss-reactive ketones (excluding diaryl/α,β-unsaturated/α-hetero) is 1. The summed E-state index contributed by atoms with van der Waals surface area (Å²) in [6.45, 7) is 2.25. The molecule has 1 aliphatic rings. The topological polar surface area (TPSA) is 83.6 Å². The number of rotatable bonds is 17. The number of nitrogens with two attached hydrogens (primary N) is 1. The number of hydrogen-bond donors (Lipinski definition) is 3. The Balaban J connectivity index is 1.95. The van der Waals surface area contributed by atoms with Crippen molar-refractivity contribution in [3.63, 3.8) is 0 Å². The molecule has 0 radical (unpaired) electrons. The van der Waals surface area contributed by atoms with Gasteiger partial charge in [0.15, 0.2) is 5.78 Å². The Bertz CT molecular complexity index is 393. The standard InChI is InChI=1S/C22H41NO3/c1-2-3-4-5-6-7-8-9-10-11-12-13-14-15-19(24)20(23)22(26)21(25)18-16-17-18/h14-15,18-20,22,24,26H,2-13,16-17,23H2,1H3/b15-14+/t19-,20-,22?/m1/s1. The van der Waals surface area contributed by atoms with E-state index in [1.807, 2.05) is 6.08 Å². The quantitative estimate of drug-likeness (QED) is 0.265. The second-order valence-electron chi connectivity index (χ2n) is 7.94. The van der Waals surface area contributed by atoms with Crippen molar-refractivity contribution in [3.05, 3.63) is 12.2 Å². The van der Waals surface area contributed by atoms with Crippen LogP contribution >= 0.6 is 0 Å². The summed E-state index contributed by atoms with van der Waals surface area (Å²) in [6, 6.07) is -0.920. The van der Waals surface area contributed by atoms with Gasteiger partial charge < -0.3 is 15.9 Å². The highest BCUT2D eigenvalue weighted by atomic mass is 16.3. The van der Waals surface area contributed by atoms with Crippen LogP contribution in [0.4, 0.5) is 0 Å². The molecule has 4 heteroatoms. The number of allylic oxidation sites excluding steroid dienone is 1. The predicted octanol–water partition coefficient (Wildman–Crippen LogP) is 4.27. The van der Waals surface area contributed by atoms with Crippen molar-refractivity contribution in [1.82, 2.24) is 0 Å². The van der Waals surface area contributed by atoms with Gasteiger partial charge in [0.1, 0.15) is 6.10 Å². The molecule has 0 bridgehead atoms. The fraction of sp³-hybridized carbons (Fsp3) is 0.864. The van der Waals surface area contributed by atoms with E-state index in [1.165, 1.54) is 64.2 Å². The van der Waals surface area contributed by atoms with Crippen LogP contribution in [0.5, 0.6) is 0 Å². The van der Waals surface area contributed by atoms with E-state index in [4.69, 9.17) is 5.73 Å². The fourth-order valence-electron chi connectivity index (χ4n) is 3.28. The first kappa shape index (κ1) is 23.3. The van der Waals surface area contributed by atoms with E-state index in [1.54, 1.807) is 6.08 Å². The molecule has 152 valence electrons. The van der Waals surface area contributed by atoms with Crippen molar-refractivity contribution in [2.75, 3.05) is 0 Å². The van der Waals surface area contributed by atoms with Crippen LogP contribution in [0.15, 0.2) is 12.2 Å². The first-order valence-corrected chi connectivity index (χ1v) is 10.9. The number of hydrogen-bond acceptors (Lipinski definition) is 4. The molecule has 0 saturated heterocycles. The monoisotopic (exact) mass is 367 g/mol. The zero-order chi connectivity index (χ0) is 19.2. The lowest BCUT2D eigenvalue weighted by molar-refractivity contribution is -0.130. The van der Waals surface area contributed by atoms with E-state index in [-0.39, 0.29) is 11.7 Å². The Labute approximate surface area is 160 Å². The molecular formula is C22H41NO3. The van der Waals surface area contributed by atoms with Crippen molar-refractivity contribution in [2.45, 2.75) is 115 Å². The minimum absolute atomic E-state index is 0.0384. The maximum Gasteiger partial charge on any atom is 0.166 e. The minimum Gasteiger partial charge on any atom is -0.387 e. The molecule has 1 rings (SSSR count). The molecule has 1 aliphatic carbocycles. The van der Waals surface area contributed by atoms with E-state index in [9.17, 15) is 15.0 Å². The first-order chi connectivity index (χ1) is 12.6. The van der Waals surface area contributed by atoms with Gasteiger partial charge in [-0.25, -0.2) is 0 Å². The van der Waals surface area contributed by atoms with Gasteiger partial charge in [-0.05, 0) is 25.7 Å². The van der Waals surface area contributed by atoms with E-state index in [0.717, 1.165) is 25.7 Å². The van der Waals surface area contributed by atoms with Crippen LogP contribution in [0.25, 0.3) is 0 Å². The summed E-state index contributed by atoms with van der Waals surface area (Å²) in [7, 11) is 0. The summed E-state index contributed by atoms with van der Waals surface area (Å²) < 4.78 is 0. The zero-order valence-corrected chi connectivity index (χ0v) is 16.7. The van der Waals surface area contributed by atoms with Crippen LogP contribution in [-0.4, -0.2) is 34.2 Å². The highest BCUT2D eigenvalue weighted by Gasteiger charge is 2.37. The van der Waals surface area contributed by atoms with Crippen molar-refractivity contribution in [1.29, 1.82) is 0 Å². The van der Waals surface area contributed by atoms with Gasteiger partial charge in [-0.15, -0.1) is 0 Å². The molecule has 4 N–H and O–H groups in total. The number of ketones is 1. The van der Waals surface area contributed by atoms with Crippen molar-refractivity contribution >= 4 is 5.78 Å². The van der Waals surface area contributed by atoms with Crippen LogP contribution in [0, 0.1) is 5.92 Å². The first-order valence-electron chi connectivity index (χ1n) is 10.9. The number of unbranched alkanes of at least 4 members (excludes halogenated alkanes) is 11. The molecule has 4 nitrogen and oxygen atoms in total. The summed E-state index contributed by atoms with van der Waals surface area (Å²) in [6.07, 6.45) is 18.4. The molecule has 26 heavy (non-hydrogen) atoms. The predicted molar refractivity (Wildman–Crippen MR) is 108 cm³/mol. The van der Waals surface area contributed by atoms with Crippen molar-refractivity contribution < 1.29 is 15.0 Å². The molecule has 0 aromatic heterocycles. The van der Waals surface area contributed by atoms with Crippen molar-refractivity contribution in [3.8, 4) is 0 Å². The molecule has 3 atom stereocenters. The minimum atomic E-state index is -1.25. The van der Waals surface area contributed by atoms with Crippen LogP contribution in [-0.2, 0) is 4.79 Å². The molecule has 0 aromatic rings. The van der Waals surface area contributed by atoms with Gasteiger partial charge in [0.2, 0.25) is 0 Å². The molecule has 1 fully saturated rings. The second kappa shape index (κ2) is 14.4. The molecule has 0 amide bonds. The van der Waals surface area contributed by atoms with Gasteiger partial charge >= 0.3 is 0 Å². The van der Waals surface area contributed by atoms with Gasteiger partial charge in [0.25, 0.3) is 0 Å². The lowest BCUT2D eigenvalue weighted by Crippen LogP contribution is -2.48. The molecule has 1 unspecified atom stereocenters. The Morgan fingerprint density at radius 2 is 1.46 bits per heavy atom. The van der Waals surface area contributed by atoms with Crippen LogP contribution < -0.4 is 5.73 Å². The van der Waals surface area contributed by atoms with Crippen molar-refractivity contribution in [2.24, 2.45) is 11.7 Å². The van der Waals surface area contributed by atoms with E-state index in [2.05, 4.69) is 6.92 Å². The highest BCUT2D eigenvalue weighted by molar-refractivity contribution is 5.87. The lowest BCUT2D eigenvalue weighted by Gasteiger charge is -2.20. The zero-order valence-electron chi connectivity index (χ0n) is 16.7. The Morgan fingerprint density at radius 1 is 0.962 bits per heavy atom. The summed E-state index contributed by atoms with van der Waals surface area (Å²) in [5, 5.41) is 19.9. The van der Waals surface area contributed by atoms with Gasteiger partial charge in [-0.2, -0.15) is 0 Å². The maximum atomic E-state index is 11.8. The molecule has 0 aliphatic heterocycles. The lowest BCUT2D eigenvalue weighted by atomic mass is 9.99. The third kappa shape index (κ3) is 10.4. The molecule has 1 saturated carbocycles. The third-order valence-corrected chi connectivity index (χ3v) is 5.34. The van der Waals surface area contributed by atoms with Gasteiger partial charge in [0.05, 0.1) is 12.1 Å². The molecule has 0 aromatic carbocycles. The maximum absolute atomic E-state index is 11.8. The van der Waals surface area contributed by atoms with E-state index < -0.39 is 18.2 Å². The Hall–Kier alpha value is -0.710. The fourth-order valence-corrected chi connectivity index (χ4v) is 3.28. The highest BCUT2D eigenvalue weighted by Crippen LogP contribution is 2.31. The van der Waals surface area contributed by atoms with Crippen LogP contribution in [0.2, 0.25) is 0 Å². The molecular weight excluding hydrogens is 326 g/mol. The third-order valence-electron chi connectivity index (χ3n) is 5.34. The number of aliphatic hydroxyl groups is 2. The van der Waals surface area contributed by atoms with Gasteiger partial charge in [-0.1, -0.05) is 83.3 Å². The SMILES string of the molecule is CCCCCCCCCCCCC/C=C/[C@@H](O)[C@@H](N)C(O)C(=O)C1CC1. The average Bonchev–Trinajstić information content (AvgIpc) is 3.48. The van der Waals surface area contributed by atoms with Gasteiger partial charge in [-0.3, -0.25) is 4.79 Å². The summed E-state index contributed by atoms with van der Waals surface area (Å²) in [5.41, 5.74) is 5.80. The Morgan fingerprint density at radius 3 is 1.96 bits per heavy atom. The average molecular weight is 368 g/mol. The summed E-state index contributed by atoms with van der Waals surface area (Å²) >= 11 is 0. The normalized spacial score (nSPS) is 18.2. The van der Waals surface area contributed by atoms with E-state index in [0.29, 0.717) is 0 Å².